The molecule has 0 amide bonds. The van der Waals surface area contributed by atoms with Gasteiger partial charge < -0.3 is 15.2 Å². The summed E-state index contributed by atoms with van der Waals surface area (Å²) < 4.78 is 5.06. The summed E-state index contributed by atoms with van der Waals surface area (Å²) in [4.78, 5) is 10.3. The second kappa shape index (κ2) is 9.64. The van der Waals surface area contributed by atoms with E-state index in [0.717, 1.165) is 13.1 Å². The Bertz CT molecular complexity index is 365. The van der Waals surface area contributed by atoms with E-state index in [2.05, 4.69) is 19.2 Å². The SMILES string of the molecule is CC(C)CCNCc1ccc(OCC(=O)O)cc1.Cl. The lowest BCUT2D eigenvalue weighted by molar-refractivity contribution is -0.139. The zero-order valence-corrected chi connectivity index (χ0v) is 12.2. The van der Waals surface area contributed by atoms with E-state index >= 15 is 0 Å². The summed E-state index contributed by atoms with van der Waals surface area (Å²) in [5.74, 6) is 0.335. The van der Waals surface area contributed by atoms with E-state index in [1.807, 2.05) is 12.1 Å². The Labute approximate surface area is 120 Å². The van der Waals surface area contributed by atoms with Gasteiger partial charge in [0.15, 0.2) is 6.61 Å². The molecule has 2 N–H and O–H groups in total. The first-order valence-electron chi connectivity index (χ1n) is 6.22. The Morgan fingerprint density at radius 3 is 2.47 bits per heavy atom. The molecule has 0 aliphatic heterocycles. The molecule has 4 nitrogen and oxygen atoms in total. The number of halogens is 1. The Morgan fingerprint density at radius 2 is 1.95 bits per heavy atom. The Hall–Kier alpha value is -1.26. The number of hydrogen-bond donors (Lipinski definition) is 2. The number of aliphatic carboxylic acids is 1. The van der Waals surface area contributed by atoms with Crippen LogP contribution in [0.3, 0.4) is 0 Å². The van der Waals surface area contributed by atoms with Crippen LogP contribution in [0.1, 0.15) is 25.8 Å². The van der Waals surface area contributed by atoms with Gasteiger partial charge in [0.05, 0.1) is 0 Å². The Morgan fingerprint density at radius 1 is 1.32 bits per heavy atom. The quantitative estimate of drug-likeness (QED) is 0.722. The molecule has 1 aromatic rings. The van der Waals surface area contributed by atoms with E-state index in [-0.39, 0.29) is 19.0 Å². The van der Waals surface area contributed by atoms with Crippen molar-refractivity contribution in [2.24, 2.45) is 5.92 Å². The summed E-state index contributed by atoms with van der Waals surface area (Å²) in [6.07, 6.45) is 1.17. The predicted molar refractivity (Wildman–Crippen MR) is 78.0 cm³/mol. The van der Waals surface area contributed by atoms with Crippen LogP contribution < -0.4 is 10.1 Å². The van der Waals surface area contributed by atoms with E-state index in [1.165, 1.54) is 12.0 Å². The smallest absolute Gasteiger partial charge is 0.341 e. The molecule has 1 aromatic carbocycles. The zero-order chi connectivity index (χ0) is 13.4. The van der Waals surface area contributed by atoms with Crippen LogP contribution >= 0.6 is 12.4 Å². The van der Waals surface area contributed by atoms with Gasteiger partial charge >= 0.3 is 5.97 Å². The average molecular weight is 288 g/mol. The average Bonchev–Trinajstić information content (AvgIpc) is 2.33. The molecule has 0 heterocycles. The molecule has 19 heavy (non-hydrogen) atoms. The molecular formula is C14H22ClNO3. The van der Waals surface area contributed by atoms with Crippen molar-refractivity contribution < 1.29 is 14.6 Å². The molecular weight excluding hydrogens is 266 g/mol. The number of carboxylic acids is 1. The maximum Gasteiger partial charge on any atom is 0.341 e. The highest BCUT2D eigenvalue weighted by Gasteiger charge is 1.99. The molecule has 0 unspecified atom stereocenters. The highest BCUT2D eigenvalue weighted by molar-refractivity contribution is 5.85. The van der Waals surface area contributed by atoms with Crippen LogP contribution in [-0.4, -0.2) is 24.2 Å². The van der Waals surface area contributed by atoms with Crippen LogP contribution in [0.4, 0.5) is 0 Å². The Kier molecular flexibility index (Phi) is 9.00. The number of carbonyl (C=O) groups is 1. The van der Waals surface area contributed by atoms with Gasteiger partial charge in [-0.2, -0.15) is 0 Å². The first-order chi connectivity index (χ1) is 8.58. The van der Waals surface area contributed by atoms with Gasteiger partial charge in [0, 0.05) is 6.54 Å². The summed E-state index contributed by atoms with van der Waals surface area (Å²) >= 11 is 0. The third kappa shape index (κ3) is 8.46. The first-order valence-corrected chi connectivity index (χ1v) is 6.22. The molecule has 0 radical (unpaired) electrons. The topological polar surface area (TPSA) is 58.6 Å². The second-order valence-electron chi connectivity index (χ2n) is 4.69. The number of carboxylic acid groups (broad SMARTS) is 1. The third-order valence-corrected chi connectivity index (χ3v) is 2.51. The van der Waals surface area contributed by atoms with Gasteiger partial charge in [-0.15, -0.1) is 12.4 Å². The van der Waals surface area contributed by atoms with Crippen molar-refractivity contribution in [2.75, 3.05) is 13.2 Å². The summed E-state index contributed by atoms with van der Waals surface area (Å²) in [5, 5.41) is 11.9. The number of nitrogens with one attached hydrogen (secondary N) is 1. The number of benzene rings is 1. The zero-order valence-electron chi connectivity index (χ0n) is 11.4. The molecule has 0 saturated heterocycles. The van der Waals surface area contributed by atoms with Crippen molar-refractivity contribution in [2.45, 2.75) is 26.8 Å². The van der Waals surface area contributed by atoms with E-state index in [0.29, 0.717) is 11.7 Å². The van der Waals surface area contributed by atoms with Gasteiger partial charge in [0.25, 0.3) is 0 Å². The van der Waals surface area contributed by atoms with Crippen molar-refractivity contribution >= 4 is 18.4 Å². The van der Waals surface area contributed by atoms with Crippen LogP contribution in [0.2, 0.25) is 0 Å². The maximum atomic E-state index is 10.3. The van der Waals surface area contributed by atoms with Crippen molar-refractivity contribution in [3.05, 3.63) is 29.8 Å². The molecule has 0 bridgehead atoms. The van der Waals surface area contributed by atoms with Gasteiger partial charge in [-0.25, -0.2) is 4.79 Å². The standard InChI is InChI=1S/C14H21NO3.ClH/c1-11(2)7-8-15-9-12-3-5-13(6-4-12)18-10-14(16)17;/h3-6,11,15H,7-10H2,1-2H3,(H,16,17);1H. The monoisotopic (exact) mass is 287 g/mol. The lowest BCUT2D eigenvalue weighted by Gasteiger charge is -2.08. The summed E-state index contributed by atoms with van der Waals surface area (Å²) in [6, 6.07) is 7.48. The number of rotatable bonds is 8. The van der Waals surface area contributed by atoms with Crippen LogP contribution in [0.15, 0.2) is 24.3 Å². The van der Waals surface area contributed by atoms with Crippen LogP contribution in [0, 0.1) is 5.92 Å². The second-order valence-corrected chi connectivity index (χ2v) is 4.69. The normalized spacial score (nSPS) is 10.1. The molecule has 0 spiro atoms. The van der Waals surface area contributed by atoms with E-state index in [4.69, 9.17) is 9.84 Å². The largest absolute Gasteiger partial charge is 0.482 e. The van der Waals surface area contributed by atoms with Crippen LogP contribution in [0.25, 0.3) is 0 Å². The molecule has 1 rings (SSSR count). The fourth-order valence-corrected chi connectivity index (χ4v) is 1.47. The summed E-state index contributed by atoms with van der Waals surface area (Å²) in [5.41, 5.74) is 1.17. The van der Waals surface area contributed by atoms with E-state index in [9.17, 15) is 4.79 Å². The summed E-state index contributed by atoms with van der Waals surface area (Å²) in [6.45, 7) is 5.94. The van der Waals surface area contributed by atoms with Crippen LogP contribution in [0.5, 0.6) is 5.75 Å². The lowest BCUT2D eigenvalue weighted by Crippen LogP contribution is -2.16. The van der Waals surface area contributed by atoms with E-state index < -0.39 is 5.97 Å². The fourth-order valence-electron chi connectivity index (χ4n) is 1.47. The lowest BCUT2D eigenvalue weighted by atomic mass is 10.1. The number of ether oxygens (including phenoxy) is 1. The van der Waals surface area contributed by atoms with Gasteiger partial charge in [0.1, 0.15) is 5.75 Å². The van der Waals surface area contributed by atoms with Crippen molar-refractivity contribution in [3.8, 4) is 5.75 Å². The number of hydrogen-bond acceptors (Lipinski definition) is 3. The third-order valence-electron chi connectivity index (χ3n) is 2.51. The molecule has 0 fully saturated rings. The molecule has 0 atom stereocenters. The van der Waals surface area contributed by atoms with Crippen molar-refractivity contribution in [3.63, 3.8) is 0 Å². The molecule has 0 aromatic heterocycles. The summed E-state index contributed by atoms with van der Waals surface area (Å²) in [7, 11) is 0. The minimum Gasteiger partial charge on any atom is -0.482 e. The minimum absolute atomic E-state index is 0. The highest BCUT2D eigenvalue weighted by Crippen LogP contribution is 2.12. The van der Waals surface area contributed by atoms with Gasteiger partial charge in [-0.05, 0) is 36.6 Å². The first kappa shape index (κ1) is 17.7. The molecule has 0 aliphatic rings. The van der Waals surface area contributed by atoms with Crippen molar-refractivity contribution in [1.29, 1.82) is 0 Å². The molecule has 0 aliphatic carbocycles. The fraction of sp³-hybridized carbons (Fsp3) is 0.500. The van der Waals surface area contributed by atoms with Crippen LogP contribution in [-0.2, 0) is 11.3 Å². The minimum atomic E-state index is -0.963. The molecule has 5 heteroatoms. The van der Waals surface area contributed by atoms with Gasteiger partial charge in [-0.1, -0.05) is 26.0 Å². The van der Waals surface area contributed by atoms with Gasteiger partial charge in [0.2, 0.25) is 0 Å². The molecule has 108 valence electrons. The Balaban J connectivity index is 0.00000324. The predicted octanol–water partition coefficient (Wildman–Crippen LogP) is 2.71. The molecule has 0 saturated carbocycles. The highest BCUT2D eigenvalue weighted by atomic mass is 35.5. The maximum absolute atomic E-state index is 10.3. The van der Waals surface area contributed by atoms with Crippen molar-refractivity contribution in [1.82, 2.24) is 5.32 Å². The van der Waals surface area contributed by atoms with E-state index in [1.54, 1.807) is 12.1 Å². The van der Waals surface area contributed by atoms with Gasteiger partial charge in [-0.3, -0.25) is 0 Å².